The third-order valence-electron chi connectivity index (χ3n) is 5.01. The minimum Gasteiger partial charge on any atom is -0.342 e. The van der Waals surface area contributed by atoms with Crippen LogP contribution in [0, 0.1) is 17.3 Å². The van der Waals surface area contributed by atoms with Gasteiger partial charge in [0, 0.05) is 6.54 Å². The smallest absolute Gasteiger partial charge is 0.246 e. The average molecular weight is 294 g/mol. The van der Waals surface area contributed by atoms with E-state index in [0.29, 0.717) is 0 Å². The second kappa shape index (κ2) is 6.37. The molecule has 0 aromatic carbocycles. The zero-order valence-corrected chi connectivity index (χ0v) is 13.9. The fraction of sp³-hybridized carbons (Fsp3) is 0.882. The van der Waals surface area contributed by atoms with Gasteiger partial charge in [-0.1, -0.05) is 53.4 Å². The summed E-state index contributed by atoms with van der Waals surface area (Å²) >= 11 is 0. The number of piperazine rings is 1. The quantitative estimate of drug-likeness (QED) is 0.869. The molecule has 120 valence electrons. The van der Waals surface area contributed by atoms with Gasteiger partial charge in [-0.2, -0.15) is 0 Å². The molecule has 1 saturated carbocycles. The van der Waals surface area contributed by atoms with Gasteiger partial charge < -0.3 is 10.2 Å². The highest BCUT2D eigenvalue weighted by atomic mass is 16.2. The Morgan fingerprint density at radius 3 is 2.33 bits per heavy atom. The normalized spacial score (nSPS) is 31.2. The maximum atomic E-state index is 12.6. The van der Waals surface area contributed by atoms with E-state index >= 15 is 0 Å². The van der Waals surface area contributed by atoms with E-state index in [1.807, 2.05) is 20.8 Å². The average Bonchev–Trinajstić information content (AvgIpc) is 2.40. The summed E-state index contributed by atoms with van der Waals surface area (Å²) in [7, 11) is 0. The van der Waals surface area contributed by atoms with Crippen molar-refractivity contribution in [2.75, 3.05) is 13.1 Å². The van der Waals surface area contributed by atoms with E-state index in [-0.39, 0.29) is 29.8 Å². The number of amides is 2. The second-order valence-corrected chi connectivity index (χ2v) is 8.04. The van der Waals surface area contributed by atoms with Gasteiger partial charge in [0.15, 0.2) is 0 Å². The Balaban J connectivity index is 1.90. The Bertz CT molecular complexity index is 392. The molecule has 0 spiro atoms. The highest BCUT2D eigenvalue weighted by Gasteiger charge is 2.39. The predicted octanol–water partition coefficient (Wildman–Crippen LogP) is 2.58. The summed E-state index contributed by atoms with van der Waals surface area (Å²) in [4.78, 5) is 26.2. The molecule has 2 rings (SSSR count). The number of carbonyl (C=O) groups is 2. The van der Waals surface area contributed by atoms with Gasteiger partial charge in [0.05, 0.1) is 6.54 Å². The molecule has 1 heterocycles. The van der Waals surface area contributed by atoms with E-state index in [1.54, 1.807) is 4.90 Å². The minimum absolute atomic E-state index is 0.0215. The maximum absolute atomic E-state index is 12.6. The van der Waals surface area contributed by atoms with Gasteiger partial charge in [-0.05, 0) is 23.7 Å². The number of hydrogen-bond acceptors (Lipinski definition) is 2. The molecule has 0 aromatic heterocycles. The molecule has 2 fully saturated rings. The first-order valence-electron chi connectivity index (χ1n) is 8.35. The van der Waals surface area contributed by atoms with Gasteiger partial charge in [0.2, 0.25) is 11.8 Å². The number of nitrogens with one attached hydrogen (secondary N) is 1. The van der Waals surface area contributed by atoms with Crippen LogP contribution in [0.25, 0.3) is 0 Å². The van der Waals surface area contributed by atoms with Crippen molar-refractivity contribution >= 4 is 11.8 Å². The number of nitrogens with zero attached hydrogens (tertiary/aromatic N) is 1. The Kier molecular flexibility index (Phi) is 4.95. The van der Waals surface area contributed by atoms with Crippen LogP contribution in [0.2, 0.25) is 0 Å². The molecule has 0 radical (unpaired) electrons. The summed E-state index contributed by atoms with van der Waals surface area (Å²) < 4.78 is 0. The first kappa shape index (κ1) is 16.3. The van der Waals surface area contributed by atoms with Crippen LogP contribution in [0.4, 0.5) is 0 Å². The molecular formula is C17H30N2O2. The molecule has 1 N–H and O–H groups in total. The fourth-order valence-electron chi connectivity index (χ4n) is 3.43. The highest BCUT2D eigenvalue weighted by molar-refractivity contribution is 5.95. The van der Waals surface area contributed by atoms with Crippen molar-refractivity contribution in [3.63, 3.8) is 0 Å². The van der Waals surface area contributed by atoms with Crippen LogP contribution in [0.5, 0.6) is 0 Å². The minimum atomic E-state index is -0.384. The lowest BCUT2D eigenvalue weighted by Gasteiger charge is -2.39. The third-order valence-corrected chi connectivity index (χ3v) is 5.01. The van der Waals surface area contributed by atoms with Crippen molar-refractivity contribution in [1.82, 2.24) is 10.2 Å². The number of rotatable bonds is 3. The van der Waals surface area contributed by atoms with Gasteiger partial charge >= 0.3 is 0 Å². The van der Waals surface area contributed by atoms with Gasteiger partial charge in [-0.25, -0.2) is 0 Å². The SMILES string of the molecule is CC1CCC(CCN2CC(=O)NC(C(C)(C)C)C2=O)CC1. The first-order chi connectivity index (χ1) is 9.77. The van der Waals surface area contributed by atoms with E-state index in [4.69, 9.17) is 0 Å². The Hall–Kier alpha value is -1.06. The van der Waals surface area contributed by atoms with E-state index in [1.165, 1.54) is 25.7 Å². The van der Waals surface area contributed by atoms with Crippen molar-refractivity contribution in [3.05, 3.63) is 0 Å². The lowest BCUT2D eigenvalue weighted by molar-refractivity contribution is -0.147. The van der Waals surface area contributed by atoms with Crippen LogP contribution in [0.1, 0.15) is 59.8 Å². The highest BCUT2D eigenvalue weighted by Crippen LogP contribution is 2.31. The van der Waals surface area contributed by atoms with Gasteiger partial charge in [0.1, 0.15) is 6.04 Å². The number of carbonyl (C=O) groups excluding carboxylic acids is 2. The summed E-state index contributed by atoms with van der Waals surface area (Å²) in [5.41, 5.74) is -0.230. The molecular weight excluding hydrogens is 264 g/mol. The van der Waals surface area contributed by atoms with Crippen LogP contribution in [0.3, 0.4) is 0 Å². The molecule has 0 bridgehead atoms. The van der Waals surface area contributed by atoms with Crippen LogP contribution in [-0.4, -0.2) is 35.8 Å². The van der Waals surface area contributed by atoms with Crippen molar-refractivity contribution in [1.29, 1.82) is 0 Å². The summed E-state index contributed by atoms with van der Waals surface area (Å²) in [5, 5.41) is 2.85. The number of hydrogen-bond donors (Lipinski definition) is 1. The fourth-order valence-corrected chi connectivity index (χ4v) is 3.43. The topological polar surface area (TPSA) is 49.4 Å². The van der Waals surface area contributed by atoms with Crippen molar-refractivity contribution < 1.29 is 9.59 Å². The van der Waals surface area contributed by atoms with Crippen LogP contribution < -0.4 is 5.32 Å². The molecule has 1 aliphatic carbocycles. The van der Waals surface area contributed by atoms with Crippen LogP contribution in [-0.2, 0) is 9.59 Å². The van der Waals surface area contributed by atoms with Crippen LogP contribution >= 0.6 is 0 Å². The van der Waals surface area contributed by atoms with Gasteiger partial charge in [-0.15, -0.1) is 0 Å². The molecule has 0 aromatic rings. The molecule has 1 unspecified atom stereocenters. The monoisotopic (exact) mass is 294 g/mol. The Labute approximate surface area is 128 Å². The first-order valence-corrected chi connectivity index (χ1v) is 8.35. The molecule has 1 aliphatic heterocycles. The van der Waals surface area contributed by atoms with E-state index in [0.717, 1.165) is 24.8 Å². The molecule has 2 aliphatic rings. The van der Waals surface area contributed by atoms with E-state index < -0.39 is 0 Å². The zero-order chi connectivity index (χ0) is 15.6. The van der Waals surface area contributed by atoms with Gasteiger partial charge in [0.25, 0.3) is 0 Å². The lowest BCUT2D eigenvalue weighted by atomic mass is 9.81. The summed E-state index contributed by atoms with van der Waals surface area (Å²) in [5.74, 6) is 1.65. The standard InChI is InChI=1S/C17H30N2O2/c1-12-5-7-13(8-6-12)9-10-19-11-14(20)18-15(16(19)21)17(2,3)4/h12-13,15H,5-11H2,1-4H3,(H,18,20). The predicted molar refractivity (Wildman–Crippen MR) is 83.7 cm³/mol. The Morgan fingerprint density at radius 1 is 1.14 bits per heavy atom. The van der Waals surface area contributed by atoms with Crippen LogP contribution in [0.15, 0.2) is 0 Å². The summed E-state index contributed by atoms with van der Waals surface area (Å²) in [6.45, 7) is 9.29. The Morgan fingerprint density at radius 2 is 1.76 bits per heavy atom. The summed E-state index contributed by atoms with van der Waals surface area (Å²) in [6.07, 6.45) is 6.21. The van der Waals surface area contributed by atoms with Crippen molar-refractivity contribution in [2.45, 2.75) is 65.8 Å². The lowest BCUT2D eigenvalue weighted by Crippen LogP contribution is -2.62. The molecule has 21 heavy (non-hydrogen) atoms. The third kappa shape index (κ3) is 4.21. The maximum Gasteiger partial charge on any atom is 0.246 e. The molecule has 2 amide bonds. The second-order valence-electron chi connectivity index (χ2n) is 8.04. The van der Waals surface area contributed by atoms with E-state index in [9.17, 15) is 9.59 Å². The zero-order valence-electron chi connectivity index (χ0n) is 13.9. The molecule has 4 nitrogen and oxygen atoms in total. The van der Waals surface area contributed by atoms with Crippen molar-refractivity contribution in [3.8, 4) is 0 Å². The van der Waals surface area contributed by atoms with Gasteiger partial charge in [-0.3, -0.25) is 9.59 Å². The largest absolute Gasteiger partial charge is 0.342 e. The molecule has 4 heteroatoms. The van der Waals surface area contributed by atoms with E-state index in [2.05, 4.69) is 12.2 Å². The molecule has 1 atom stereocenters. The summed E-state index contributed by atoms with van der Waals surface area (Å²) in [6, 6.07) is -0.384. The van der Waals surface area contributed by atoms with Crippen molar-refractivity contribution in [2.24, 2.45) is 17.3 Å². The molecule has 1 saturated heterocycles.